The summed E-state index contributed by atoms with van der Waals surface area (Å²) in [6, 6.07) is 1.12. The molecule has 1 saturated heterocycles. The largest absolute Gasteiger partial charge is 0.347 e. The van der Waals surface area contributed by atoms with Crippen LogP contribution >= 0.6 is 0 Å². The van der Waals surface area contributed by atoms with Crippen molar-refractivity contribution in [1.29, 1.82) is 0 Å². The van der Waals surface area contributed by atoms with Gasteiger partial charge in [-0.2, -0.15) is 0 Å². The van der Waals surface area contributed by atoms with E-state index in [0.29, 0.717) is 12.1 Å². The van der Waals surface area contributed by atoms with E-state index in [-0.39, 0.29) is 5.79 Å². The SMILES string of the molecule is CCCNC1CCC2(CC1N(CC)CCC)OCCO2. The topological polar surface area (TPSA) is 33.7 Å². The van der Waals surface area contributed by atoms with Crippen LogP contribution in [0.3, 0.4) is 0 Å². The van der Waals surface area contributed by atoms with Gasteiger partial charge in [0.1, 0.15) is 0 Å². The molecule has 1 heterocycles. The first kappa shape index (κ1) is 16.2. The molecule has 1 saturated carbocycles. The summed E-state index contributed by atoms with van der Waals surface area (Å²) in [7, 11) is 0. The van der Waals surface area contributed by atoms with Gasteiger partial charge in [-0.15, -0.1) is 0 Å². The maximum Gasteiger partial charge on any atom is 0.170 e. The van der Waals surface area contributed by atoms with Gasteiger partial charge >= 0.3 is 0 Å². The first-order chi connectivity index (χ1) is 9.74. The van der Waals surface area contributed by atoms with Gasteiger partial charge in [-0.3, -0.25) is 4.90 Å². The minimum atomic E-state index is -0.282. The van der Waals surface area contributed by atoms with Crippen LogP contribution < -0.4 is 5.32 Å². The van der Waals surface area contributed by atoms with Crippen molar-refractivity contribution in [2.24, 2.45) is 0 Å². The normalized spacial score (nSPS) is 29.4. The van der Waals surface area contributed by atoms with E-state index in [2.05, 4.69) is 31.0 Å². The van der Waals surface area contributed by atoms with E-state index in [9.17, 15) is 0 Å². The van der Waals surface area contributed by atoms with Crippen LogP contribution in [0.15, 0.2) is 0 Å². The van der Waals surface area contributed by atoms with Crippen LogP contribution in [0.25, 0.3) is 0 Å². The van der Waals surface area contributed by atoms with Gasteiger partial charge in [-0.05, 0) is 38.9 Å². The molecule has 0 amide bonds. The molecule has 2 aliphatic rings. The van der Waals surface area contributed by atoms with Crippen molar-refractivity contribution in [3.8, 4) is 0 Å². The zero-order valence-corrected chi connectivity index (χ0v) is 13.5. The molecule has 1 aliphatic heterocycles. The van der Waals surface area contributed by atoms with Gasteiger partial charge in [0.2, 0.25) is 0 Å². The fraction of sp³-hybridized carbons (Fsp3) is 1.00. The van der Waals surface area contributed by atoms with Gasteiger partial charge in [0.05, 0.1) is 13.2 Å². The monoisotopic (exact) mass is 284 g/mol. The van der Waals surface area contributed by atoms with Crippen molar-refractivity contribution in [3.63, 3.8) is 0 Å². The third kappa shape index (κ3) is 3.73. The lowest BCUT2D eigenvalue weighted by atomic mass is 9.84. The summed E-state index contributed by atoms with van der Waals surface area (Å²) in [5.74, 6) is -0.282. The summed E-state index contributed by atoms with van der Waals surface area (Å²) >= 11 is 0. The molecule has 2 fully saturated rings. The molecule has 0 radical (unpaired) electrons. The minimum Gasteiger partial charge on any atom is -0.347 e. The zero-order chi connectivity index (χ0) is 14.4. The van der Waals surface area contributed by atoms with Crippen molar-refractivity contribution < 1.29 is 9.47 Å². The molecule has 4 nitrogen and oxygen atoms in total. The number of hydrogen-bond donors (Lipinski definition) is 1. The molecular weight excluding hydrogens is 252 g/mol. The number of nitrogens with one attached hydrogen (secondary N) is 1. The van der Waals surface area contributed by atoms with E-state index in [1.165, 1.54) is 19.4 Å². The molecule has 1 aliphatic carbocycles. The highest BCUT2D eigenvalue weighted by Gasteiger charge is 2.46. The molecule has 0 aromatic rings. The molecular formula is C16H32N2O2. The lowest BCUT2D eigenvalue weighted by molar-refractivity contribution is -0.193. The quantitative estimate of drug-likeness (QED) is 0.778. The van der Waals surface area contributed by atoms with Crippen molar-refractivity contribution in [3.05, 3.63) is 0 Å². The highest BCUT2D eigenvalue weighted by molar-refractivity contribution is 4.96. The highest BCUT2D eigenvalue weighted by atomic mass is 16.7. The minimum absolute atomic E-state index is 0.282. The summed E-state index contributed by atoms with van der Waals surface area (Å²) in [5, 5.41) is 3.75. The molecule has 1 N–H and O–H groups in total. The lowest BCUT2D eigenvalue weighted by Gasteiger charge is -2.46. The molecule has 0 bridgehead atoms. The number of ether oxygens (including phenoxy) is 2. The molecule has 2 unspecified atom stereocenters. The Labute approximate surface area is 124 Å². The molecule has 2 rings (SSSR count). The average molecular weight is 284 g/mol. The average Bonchev–Trinajstić information content (AvgIpc) is 2.92. The van der Waals surface area contributed by atoms with E-state index < -0.39 is 0 Å². The van der Waals surface area contributed by atoms with Crippen LogP contribution in [0, 0.1) is 0 Å². The summed E-state index contributed by atoms with van der Waals surface area (Å²) in [6.07, 6.45) is 5.61. The Hall–Kier alpha value is -0.160. The smallest absolute Gasteiger partial charge is 0.170 e. The first-order valence-electron chi connectivity index (χ1n) is 8.50. The van der Waals surface area contributed by atoms with Gasteiger partial charge in [0, 0.05) is 24.9 Å². The fourth-order valence-corrected chi connectivity index (χ4v) is 3.69. The maximum absolute atomic E-state index is 5.96. The second kappa shape index (κ2) is 7.74. The lowest BCUT2D eigenvalue weighted by Crippen LogP contribution is -2.58. The number of hydrogen-bond acceptors (Lipinski definition) is 4. The van der Waals surface area contributed by atoms with Crippen LogP contribution in [0.5, 0.6) is 0 Å². The summed E-state index contributed by atoms with van der Waals surface area (Å²) < 4.78 is 11.9. The van der Waals surface area contributed by atoms with Gasteiger partial charge in [0.15, 0.2) is 5.79 Å². The van der Waals surface area contributed by atoms with Crippen LogP contribution in [-0.2, 0) is 9.47 Å². The van der Waals surface area contributed by atoms with Gasteiger partial charge in [-0.25, -0.2) is 0 Å². The summed E-state index contributed by atoms with van der Waals surface area (Å²) in [4.78, 5) is 2.61. The molecule has 4 heteroatoms. The molecule has 118 valence electrons. The second-order valence-corrected chi connectivity index (χ2v) is 6.11. The van der Waals surface area contributed by atoms with Crippen LogP contribution in [-0.4, -0.2) is 55.6 Å². The van der Waals surface area contributed by atoms with E-state index in [0.717, 1.165) is 45.6 Å². The van der Waals surface area contributed by atoms with Crippen LogP contribution in [0.1, 0.15) is 52.9 Å². The van der Waals surface area contributed by atoms with Crippen molar-refractivity contribution >= 4 is 0 Å². The Morgan fingerprint density at radius 2 is 1.90 bits per heavy atom. The molecule has 1 spiro atoms. The number of nitrogens with zero attached hydrogens (tertiary/aromatic N) is 1. The van der Waals surface area contributed by atoms with E-state index in [1.807, 2.05) is 0 Å². The molecule has 0 aromatic carbocycles. The van der Waals surface area contributed by atoms with Gasteiger partial charge < -0.3 is 14.8 Å². The Morgan fingerprint density at radius 3 is 2.50 bits per heavy atom. The summed E-state index contributed by atoms with van der Waals surface area (Å²) in [6.45, 7) is 11.7. The summed E-state index contributed by atoms with van der Waals surface area (Å²) in [5.41, 5.74) is 0. The molecule has 0 aromatic heterocycles. The Balaban J connectivity index is 2.04. The predicted octanol–water partition coefficient (Wildman–Crippen LogP) is 2.38. The molecule has 20 heavy (non-hydrogen) atoms. The Bertz CT molecular complexity index is 280. The van der Waals surface area contributed by atoms with Gasteiger partial charge in [0.25, 0.3) is 0 Å². The van der Waals surface area contributed by atoms with Crippen LogP contribution in [0.4, 0.5) is 0 Å². The van der Waals surface area contributed by atoms with Crippen LogP contribution in [0.2, 0.25) is 0 Å². The van der Waals surface area contributed by atoms with Crippen molar-refractivity contribution in [1.82, 2.24) is 10.2 Å². The third-order valence-corrected chi connectivity index (χ3v) is 4.68. The first-order valence-corrected chi connectivity index (χ1v) is 8.50. The maximum atomic E-state index is 5.96. The van der Waals surface area contributed by atoms with Crippen molar-refractivity contribution in [2.75, 3.05) is 32.8 Å². The number of likely N-dealkylation sites (N-methyl/N-ethyl adjacent to an activating group) is 1. The second-order valence-electron chi connectivity index (χ2n) is 6.11. The highest BCUT2D eigenvalue weighted by Crippen LogP contribution is 2.37. The van der Waals surface area contributed by atoms with E-state index in [4.69, 9.17) is 9.47 Å². The Kier molecular flexibility index (Phi) is 6.27. The van der Waals surface area contributed by atoms with Crippen molar-refractivity contribution in [2.45, 2.75) is 70.7 Å². The molecule has 2 atom stereocenters. The van der Waals surface area contributed by atoms with E-state index >= 15 is 0 Å². The standard InChI is InChI=1S/C16H32N2O2/c1-4-9-17-14-7-8-16(19-11-12-20-16)13-15(14)18(6-3)10-5-2/h14-15,17H,4-13H2,1-3H3. The third-order valence-electron chi connectivity index (χ3n) is 4.68. The van der Waals surface area contributed by atoms with E-state index in [1.54, 1.807) is 0 Å². The fourth-order valence-electron chi connectivity index (χ4n) is 3.69. The Morgan fingerprint density at radius 1 is 1.15 bits per heavy atom. The predicted molar refractivity (Wildman–Crippen MR) is 81.9 cm³/mol. The van der Waals surface area contributed by atoms with Gasteiger partial charge in [-0.1, -0.05) is 20.8 Å². The number of rotatable bonds is 7. The zero-order valence-electron chi connectivity index (χ0n) is 13.5.